The Balaban J connectivity index is 0.000000536. The van der Waals surface area contributed by atoms with Gasteiger partial charge in [0.2, 0.25) is 0 Å². The Kier molecular flexibility index (Phi) is 5.79. The Morgan fingerprint density at radius 3 is 2.38 bits per heavy atom. The van der Waals surface area contributed by atoms with Crippen molar-refractivity contribution in [2.45, 2.75) is 45.4 Å². The van der Waals surface area contributed by atoms with Crippen LogP contribution in [0.2, 0.25) is 0 Å². The van der Waals surface area contributed by atoms with Gasteiger partial charge in [-0.3, -0.25) is 10.3 Å². The third-order valence-electron chi connectivity index (χ3n) is 4.51. The highest BCUT2D eigenvalue weighted by Crippen LogP contribution is 2.29. The lowest BCUT2D eigenvalue weighted by atomic mass is 9.96. The first-order valence-corrected chi connectivity index (χ1v) is 9.37. The highest BCUT2D eigenvalue weighted by molar-refractivity contribution is 5.91. The maximum Gasteiger partial charge on any atom is 0.410 e. The maximum atomic E-state index is 11.1. The second-order valence-corrected chi connectivity index (χ2v) is 7.68. The summed E-state index contributed by atoms with van der Waals surface area (Å²) in [5.41, 5.74) is 2.62. The van der Waals surface area contributed by atoms with Crippen LogP contribution in [0.1, 0.15) is 37.9 Å². The number of carboxylic acid groups (broad SMARTS) is 1. The molecule has 0 unspecified atom stereocenters. The number of hydrogen-bond donors (Lipinski definition) is 3. The van der Waals surface area contributed by atoms with E-state index in [1.165, 1.54) is 0 Å². The van der Waals surface area contributed by atoms with Gasteiger partial charge in [0.1, 0.15) is 17.6 Å². The average molecular weight is 397 g/mol. The van der Waals surface area contributed by atoms with Crippen molar-refractivity contribution in [2.24, 2.45) is 0 Å². The molecule has 1 amide bonds. The summed E-state index contributed by atoms with van der Waals surface area (Å²) in [7, 11) is 0. The molecule has 1 aliphatic rings. The van der Waals surface area contributed by atoms with Gasteiger partial charge in [0.15, 0.2) is 0 Å². The fourth-order valence-electron chi connectivity index (χ4n) is 2.74. The first kappa shape index (κ1) is 20.7. The molecule has 2 heterocycles. The molecule has 1 aliphatic carbocycles. The van der Waals surface area contributed by atoms with Crippen molar-refractivity contribution in [3.63, 3.8) is 0 Å². The van der Waals surface area contributed by atoms with Crippen LogP contribution in [0.3, 0.4) is 0 Å². The van der Waals surface area contributed by atoms with Crippen molar-refractivity contribution in [3.8, 4) is 11.1 Å². The summed E-state index contributed by atoms with van der Waals surface area (Å²) in [5.74, 6) is 0.292. The predicted octanol–water partition coefficient (Wildman–Crippen LogP) is 5.04. The van der Waals surface area contributed by atoms with Gasteiger partial charge in [-0.1, -0.05) is 12.1 Å². The molecule has 4 rings (SSSR count). The Labute approximate surface area is 168 Å². The number of fused-ring (bicyclic) bond motifs is 1. The molecule has 7 heteroatoms. The van der Waals surface area contributed by atoms with Crippen LogP contribution >= 0.6 is 0 Å². The molecule has 0 bridgehead atoms. The summed E-state index contributed by atoms with van der Waals surface area (Å²) in [6.45, 7) is 5.40. The molecule has 1 fully saturated rings. The topological polar surface area (TPSA) is 95.3 Å². The number of aryl methyl sites for hydroxylation is 1. The van der Waals surface area contributed by atoms with E-state index in [1.54, 1.807) is 32.3 Å². The molecule has 29 heavy (non-hydrogen) atoms. The maximum absolute atomic E-state index is 11.1. The summed E-state index contributed by atoms with van der Waals surface area (Å²) in [4.78, 5) is 19.2. The smallest absolute Gasteiger partial charge is 0.410 e. The third kappa shape index (κ3) is 5.48. The molecule has 3 N–H and O–H groups in total. The standard InChI is InChI=1S/C19H19N3O3.C3H5F/c1-11-6-16(19(2,3)25)20-10-15(11)13-5-4-12-8-17(22-18(23)24)21-9-14(12)7-13;4-3-1-2-3/h4-10,25H,1-3H3,(H,21,22)(H,23,24);3H,1-2H2. The fourth-order valence-corrected chi connectivity index (χ4v) is 2.74. The van der Waals surface area contributed by atoms with Crippen molar-refractivity contribution < 1.29 is 19.4 Å². The molecule has 152 valence electrons. The Morgan fingerprint density at radius 2 is 1.83 bits per heavy atom. The summed E-state index contributed by atoms with van der Waals surface area (Å²) in [5, 5.41) is 22.9. The lowest BCUT2D eigenvalue weighted by Crippen LogP contribution is -2.17. The minimum Gasteiger partial charge on any atom is -0.465 e. The molecule has 1 aromatic carbocycles. The molecule has 2 aromatic heterocycles. The number of halogens is 1. The van der Waals surface area contributed by atoms with Crippen LogP contribution in [-0.2, 0) is 5.60 Å². The largest absolute Gasteiger partial charge is 0.465 e. The van der Waals surface area contributed by atoms with Crippen molar-refractivity contribution >= 4 is 22.7 Å². The molecule has 0 atom stereocenters. The van der Waals surface area contributed by atoms with Crippen LogP contribution in [0.5, 0.6) is 0 Å². The zero-order chi connectivity index (χ0) is 21.2. The van der Waals surface area contributed by atoms with Crippen LogP contribution in [0.4, 0.5) is 15.0 Å². The molecule has 0 radical (unpaired) electrons. The summed E-state index contributed by atoms with van der Waals surface area (Å²) >= 11 is 0. The lowest BCUT2D eigenvalue weighted by Gasteiger charge is -2.18. The number of rotatable bonds is 3. The number of pyridine rings is 2. The first-order chi connectivity index (χ1) is 13.6. The number of benzene rings is 1. The molecular formula is C22H24FN3O3. The normalized spacial score (nSPS) is 13.6. The summed E-state index contributed by atoms with van der Waals surface area (Å²) in [6.07, 6.45) is 3.48. The number of amides is 1. The fraction of sp³-hybridized carbons (Fsp3) is 0.318. The number of carbonyl (C=O) groups is 1. The van der Waals surface area contributed by atoms with E-state index in [0.717, 1.165) is 40.3 Å². The lowest BCUT2D eigenvalue weighted by molar-refractivity contribution is 0.0738. The average Bonchev–Trinajstić information content (AvgIpc) is 3.42. The molecule has 0 aliphatic heterocycles. The number of alkyl halides is 1. The van der Waals surface area contributed by atoms with E-state index in [9.17, 15) is 14.3 Å². The van der Waals surface area contributed by atoms with Gasteiger partial charge in [-0.2, -0.15) is 0 Å². The number of anilines is 1. The monoisotopic (exact) mass is 397 g/mol. The number of hydrogen-bond acceptors (Lipinski definition) is 4. The minimum atomic E-state index is -1.14. The Morgan fingerprint density at radius 1 is 1.14 bits per heavy atom. The van der Waals surface area contributed by atoms with Gasteiger partial charge in [-0.15, -0.1) is 0 Å². The molecule has 1 saturated carbocycles. The second-order valence-electron chi connectivity index (χ2n) is 7.68. The number of aliphatic hydroxyl groups is 1. The molecule has 6 nitrogen and oxygen atoms in total. The molecule has 0 saturated heterocycles. The molecule has 0 spiro atoms. The number of nitrogens with zero attached hydrogens (tertiary/aromatic N) is 2. The van der Waals surface area contributed by atoms with Gasteiger partial charge in [-0.05, 0) is 68.3 Å². The van der Waals surface area contributed by atoms with Gasteiger partial charge in [-0.25, -0.2) is 14.2 Å². The van der Waals surface area contributed by atoms with Gasteiger partial charge < -0.3 is 10.2 Å². The van der Waals surface area contributed by atoms with E-state index in [-0.39, 0.29) is 0 Å². The summed E-state index contributed by atoms with van der Waals surface area (Å²) in [6, 6.07) is 9.44. The van der Waals surface area contributed by atoms with Gasteiger partial charge in [0.05, 0.1) is 5.69 Å². The van der Waals surface area contributed by atoms with Crippen LogP contribution in [-0.4, -0.2) is 32.4 Å². The van der Waals surface area contributed by atoms with Crippen molar-refractivity contribution in [2.75, 3.05) is 5.32 Å². The van der Waals surface area contributed by atoms with Gasteiger partial charge in [0, 0.05) is 23.3 Å². The second kappa shape index (κ2) is 8.13. The highest BCUT2D eigenvalue weighted by atomic mass is 19.1. The van der Waals surface area contributed by atoms with Gasteiger partial charge in [0.25, 0.3) is 0 Å². The van der Waals surface area contributed by atoms with E-state index >= 15 is 0 Å². The number of nitrogens with one attached hydrogen (secondary N) is 1. The van der Waals surface area contributed by atoms with Crippen LogP contribution in [0.25, 0.3) is 21.9 Å². The van der Waals surface area contributed by atoms with Crippen LogP contribution in [0, 0.1) is 6.92 Å². The van der Waals surface area contributed by atoms with E-state index in [2.05, 4.69) is 15.3 Å². The van der Waals surface area contributed by atoms with E-state index in [1.807, 2.05) is 31.2 Å². The quantitative estimate of drug-likeness (QED) is 0.575. The summed E-state index contributed by atoms with van der Waals surface area (Å²) < 4.78 is 11.1. The van der Waals surface area contributed by atoms with Gasteiger partial charge >= 0.3 is 6.09 Å². The van der Waals surface area contributed by atoms with Crippen LogP contribution < -0.4 is 5.32 Å². The molecule has 3 aromatic rings. The van der Waals surface area contributed by atoms with Crippen LogP contribution in [0.15, 0.2) is 42.7 Å². The zero-order valence-electron chi connectivity index (χ0n) is 16.6. The predicted molar refractivity (Wildman–Crippen MR) is 111 cm³/mol. The van der Waals surface area contributed by atoms with Crippen molar-refractivity contribution in [3.05, 3.63) is 54.0 Å². The van der Waals surface area contributed by atoms with E-state index in [0.29, 0.717) is 11.5 Å². The number of aromatic nitrogens is 2. The SMILES string of the molecule is Cc1cc(C(C)(C)O)ncc1-c1ccc2cc(NC(=O)O)ncc2c1.FC1CC1. The van der Waals surface area contributed by atoms with E-state index < -0.39 is 17.9 Å². The zero-order valence-corrected chi connectivity index (χ0v) is 16.6. The van der Waals surface area contributed by atoms with Crippen molar-refractivity contribution in [1.29, 1.82) is 0 Å². The Bertz CT molecular complexity index is 1040. The van der Waals surface area contributed by atoms with E-state index in [4.69, 9.17) is 5.11 Å². The first-order valence-electron chi connectivity index (χ1n) is 9.37. The highest BCUT2D eigenvalue weighted by Gasteiger charge is 2.19. The Hall–Kier alpha value is -3.06. The molecular weight excluding hydrogens is 373 g/mol. The minimum absolute atomic E-state index is 0.292. The van der Waals surface area contributed by atoms with Crippen molar-refractivity contribution in [1.82, 2.24) is 9.97 Å². The third-order valence-corrected chi connectivity index (χ3v) is 4.51.